The lowest BCUT2D eigenvalue weighted by molar-refractivity contribution is -0.139. The van der Waals surface area contributed by atoms with Gasteiger partial charge in [0.1, 0.15) is 23.3 Å². The molecule has 42 heavy (non-hydrogen) atoms. The molecule has 0 radical (unpaired) electrons. The third-order valence-electron chi connectivity index (χ3n) is 7.94. The van der Waals surface area contributed by atoms with Crippen LogP contribution >= 0.6 is 11.6 Å². The number of H-pyrrole nitrogens is 1. The van der Waals surface area contributed by atoms with Crippen molar-refractivity contribution < 1.29 is 18.7 Å². The Bertz CT molecular complexity index is 1580. The number of carbonyl (C=O) groups excluding carboxylic acids is 2. The molecule has 4 rings (SSSR count). The minimum Gasteiger partial charge on any atom is -0.450 e. The van der Waals surface area contributed by atoms with Gasteiger partial charge < -0.3 is 15.0 Å². The van der Waals surface area contributed by atoms with E-state index in [0.29, 0.717) is 24.2 Å². The summed E-state index contributed by atoms with van der Waals surface area (Å²) in [5, 5.41) is 19.0. The third-order valence-corrected chi connectivity index (χ3v) is 8.16. The Morgan fingerprint density at radius 1 is 1.31 bits per heavy atom. The number of rotatable bonds is 7. The van der Waals surface area contributed by atoms with Crippen molar-refractivity contribution in [1.82, 2.24) is 25.4 Å². The summed E-state index contributed by atoms with van der Waals surface area (Å²) in [6.07, 6.45) is 4.21. The van der Waals surface area contributed by atoms with Crippen LogP contribution in [0.25, 0.3) is 0 Å². The summed E-state index contributed by atoms with van der Waals surface area (Å²) < 4.78 is 20.2. The molecule has 2 N–H and O–H groups in total. The lowest BCUT2D eigenvalue weighted by Gasteiger charge is -2.44. The number of pyridine rings is 1. The van der Waals surface area contributed by atoms with Crippen LogP contribution in [0.2, 0.25) is 0 Å². The smallest absolute Gasteiger partial charge is 0.307 e. The molecule has 2 aliphatic rings. The molecule has 1 fully saturated rings. The number of nitrogens with zero attached hydrogens (tertiary/aromatic N) is 4. The van der Waals surface area contributed by atoms with E-state index in [0.717, 1.165) is 0 Å². The largest absolute Gasteiger partial charge is 0.450 e. The number of hydrogen-bond donors (Lipinski definition) is 2. The molecule has 4 atom stereocenters. The highest BCUT2D eigenvalue weighted by Gasteiger charge is 2.52. The highest BCUT2D eigenvalue weighted by molar-refractivity contribution is 6.31. The van der Waals surface area contributed by atoms with Gasteiger partial charge in [-0.25, -0.2) is 14.5 Å². The van der Waals surface area contributed by atoms with Crippen LogP contribution in [0, 0.1) is 36.0 Å². The van der Waals surface area contributed by atoms with Crippen molar-refractivity contribution in [3.05, 3.63) is 68.6 Å². The first-order chi connectivity index (χ1) is 19.6. The van der Waals surface area contributed by atoms with Crippen molar-refractivity contribution in [3.8, 4) is 17.6 Å². The lowest BCUT2D eigenvalue weighted by Crippen LogP contribution is -2.57. The number of allylic oxidation sites excluding steroid dienone is 3. The van der Waals surface area contributed by atoms with E-state index in [1.54, 1.807) is 45.6 Å². The lowest BCUT2D eigenvalue weighted by atomic mass is 9.75. The van der Waals surface area contributed by atoms with Gasteiger partial charge in [-0.3, -0.25) is 14.4 Å². The second kappa shape index (κ2) is 11.7. The summed E-state index contributed by atoms with van der Waals surface area (Å²) in [6, 6.07) is 4.88. The minimum absolute atomic E-state index is 0.0389. The zero-order valence-electron chi connectivity index (χ0n) is 24.4. The standard InChI is InChI=1S/C30H34ClFN6O4/c1-16-11-23(27(40)37-36-16)42-22-8-7-21(34-17(22)2)26(39)35-18(3)28(41)38-24(29(4,5)15-33)9-10-25(38)30(6)13-19(31)12-20(32)14-30/h7-8,11-13,18,24-25H,9-10,14H2,1-6H3,(H,35,39)(H,37,40)/t18-,24-,25+,30?/m1/s1. The van der Waals surface area contributed by atoms with Gasteiger partial charge in [0.15, 0.2) is 5.75 Å². The maximum absolute atomic E-state index is 14.5. The zero-order chi connectivity index (χ0) is 31.0. The van der Waals surface area contributed by atoms with Crippen molar-refractivity contribution in [2.24, 2.45) is 10.8 Å². The highest BCUT2D eigenvalue weighted by atomic mass is 35.5. The topological polar surface area (TPSA) is 141 Å². The summed E-state index contributed by atoms with van der Waals surface area (Å²) >= 11 is 6.23. The molecular weight excluding hydrogens is 563 g/mol. The van der Waals surface area contributed by atoms with E-state index in [9.17, 15) is 24.0 Å². The SMILES string of the molecule is Cc1cc(Oc2ccc(C(=O)N[C@H](C)C(=O)N3[C@H](C4(C)C=C(Cl)C=C(F)C4)CC[C@@H]3C(C)(C)C#N)nc2C)c(=O)[nH]n1. The summed E-state index contributed by atoms with van der Waals surface area (Å²) in [5.41, 5.74) is -1.22. The van der Waals surface area contributed by atoms with Gasteiger partial charge in [0.25, 0.3) is 5.91 Å². The number of amides is 2. The van der Waals surface area contributed by atoms with Crippen molar-refractivity contribution >= 4 is 23.4 Å². The number of nitriles is 1. The normalized spacial score (nSPS) is 23.0. The van der Waals surface area contributed by atoms with E-state index < -0.39 is 40.4 Å². The Balaban J connectivity index is 1.55. The van der Waals surface area contributed by atoms with Gasteiger partial charge in [-0.05, 0) is 65.7 Å². The van der Waals surface area contributed by atoms with Gasteiger partial charge in [0.2, 0.25) is 5.91 Å². The van der Waals surface area contributed by atoms with Gasteiger partial charge in [0, 0.05) is 29.0 Å². The number of aryl methyl sites for hydroxylation is 2. The number of nitrogens with one attached hydrogen (secondary N) is 2. The Morgan fingerprint density at radius 3 is 2.67 bits per heavy atom. The van der Waals surface area contributed by atoms with Crippen molar-refractivity contribution in [2.75, 3.05) is 0 Å². The molecule has 2 aromatic rings. The molecule has 0 bridgehead atoms. The first kappa shape index (κ1) is 30.9. The number of likely N-dealkylation sites (tertiary alicyclic amines) is 1. The monoisotopic (exact) mass is 596 g/mol. The number of aromatic amines is 1. The molecule has 2 amide bonds. The van der Waals surface area contributed by atoms with Gasteiger partial charge in [-0.1, -0.05) is 24.6 Å². The third kappa shape index (κ3) is 6.23. The zero-order valence-corrected chi connectivity index (χ0v) is 25.2. The highest BCUT2D eigenvalue weighted by Crippen LogP contribution is 2.48. The molecule has 1 saturated heterocycles. The number of ether oxygens (including phenoxy) is 1. The van der Waals surface area contributed by atoms with E-state index in [1.807, 2.05) is 6.92 Å². The summed E-state index contributed by atoms with van der Waals surface area (Å²) in [6.45, 7) is 10.3. The first-order valence-electron chi connectivity index (χ1n) is 13.7. The fraction of sp³-hybridized carbons (Fsp3) is 0.467. The molecule has 2 aromatic heterocycles. The Kier molecular flexibility index (Phi) is 8.60. The summed E-state index contributed by atoms with van der Waals surface area (Å²) in [4.78, 5) is 45.2. The van der Waals surface area contributed by atoms with Crippen LogP contribution < -0.4 is 15.6 Å². The fourth-order valence-corrected chi connectivity index (χ4v) is 6.12. The Labute approximate surface area is 248 Å². The molecule has 12 heteroatoms. The maximum atomic E-state index is 14.5. The second-order valence-corrected chi connectivity index (χ2v) is 12.2. The van der Waals surface area contributed by atoms with E-state index in [1.165, 1.54) is 24.3 Å². The number of carbonyl (C=O) groups is 2. The van der Waals surface area contributed by atoms with Crippen LogP contribution in [0.3, 0.4) is 0 Å². The molecule has 3 heterocycles. The van der Waals surface area contributed by atoms with E-state index >= 15 is 0 Å². The van der Waals surface area contributed by atoms with Crippen molar-refractivity contribution in [2.45, 2.75) is 78.9 Å². The van der Waals surface area contributed by atoms with Gasteiger partial charge in [-0.2, -0.15) is 10.4 Å². The molecule has 0 saturated carbocycles. The van der Waals surface area contributed by atoms with Crippen LogP contribution in [0.15, 0.2) is 46.0 Å². The quantitative estimate of drug-likeness (QED) is 0.459. The van der Waals surface area contributed by atoms with Gasteiger partial charge in [-0.15, -0.1) is 0 Å². The predicted molar refractivity (Wildman–Crippen MR) is 154 cm³/mol. The Morgan fingerprint density at radius 2 is 2.02 bits per heavy atom. The van der Waals surface area contributed by atoms with Crippen LogP contribution in [-0.4, -0.2) is 50.0 Å². The Hall–Kier alpha value is -4.04. The van der Waals surface area contributed by atoms with Crippen LogP contribution in [0.5, 0.6) is 11.5 Å². The second-order valence-electron chi connectivity index (χ2n) is 11.8. The number of halogens is 2. The average Bonchev–Trinajstić information content (AvgIpc) is 3.38. The van der Waals surface area contributed by atoms with Crippen LogP contribution in [0.4, 0.5) is 4.39 Å². The molecule has 0 spiro atoms. The fourth-order valence-electron chi connectivity index (χ4n) is 5.75. The first-order valence-corrected chi connectivity index (χ1v) is 14.0. The number of hydrogen-bond acceptors (Lipinski definition) is 7. The van der Waals surface area contributed by atoms with Gasteiger partial charge >= 0.3 is 5.56 Å². The minimum atomic E-state index is -0.974. The molecule has 0 aromatic carbocycles. The molecule has 1 aliphatic heterocycles. The average molecular weight is 597 g/mol. The predicted octanol–water partition coefficient (Wildman–Crippen LogP) is 4.99. The molecule has 222 valence electrons. The van der Waals surface area contributed by atoms with Crippen molar-refractivity contribution in [3.63, 3.8) is 0 Å². The maximum Gasteiger partial charge on any atom is 0.307 e. The van der Waals surface area contributed by atoms with Crippen LogP contribution in [0.1, 0.15) is 68.8 Å². The van der Waals surface area contributed by atoms with Crippen molar-refractivity contribution in [1.29, 1.82) is 5.26 Å². The van der Waals surface area contributed by atoms with E-state index in [2.05, 4.69) is 26.6 Å². The van der Waals surface area contributed by atoms with E-state index in [-0.39, 0.29) is 40.4 Å². The summed E-state index contributed by atoms with van der Waals surface area (Å²) in [7, 11) is 0. The molecule has 1 unspecified atom stereocenters. The molecular formula is C30H34ClFN6O4. The molecule has 10 nitrogen and oxygen atoms in total. The van der Waals surface area contributed by atoms with Gasteiger partial charge in [0.05, 0.1) is 28.9 Å². The molecule has 1 aliphatic carbocycles. The van der Waals surface area contributed by atoms with Crippen LogP contribution in [-0.2, 0) is 4.79 Å². The number of aromatic nitrogens is 3. The van der Waals surface area contributed by atoms with E-state index in [4.69, 9.17) is 16.3 Å². The summed E-state index contributed by atoms with van der Waals surface area (Å²) in [5.74, 6) is -1.03.